The summed E-state index contributed by atoms with van der Waals surface area (Å²) in [5, 5.41) is 0. The molecular weight excluding hydrogens is 434 g/mol. The van der Waals surface area contributed by atoms with Crippen LogP contribution in [0.15, 0.2) is 115 Å². The third-order valence-corrected chi connectivity index (χ3v) is 5.59. The van der Waals surface area contributed by atoms with E-state index in [4.69, 9.17) is 4.74 Å². The lowest BCUT2D eigenvalue weighted by Crippen LogP contribution is -2.29. The molecule has 0 bridgehead atoms. The molecule has 35 heavy (non-hydrogen) atoms. The highest BCUT2D eigenvalue weighted by Crippen LogP contribution is 2.27. The Morgan fingerprint density at radius 1 is 0.714 bits per heavy atom. The minimum absolute atomic E-state index is 0.119. The van der Waals surface area contributed by atoms with Crippen molar-refractivity contribution in [3.63, 3.8) is 0 Å². The molecule has 4 aromatic rings. The summed E-state index contributed by atoms with van der Waals surface area (Å²) in [5.74, 6) is 0.706. The molecule has 0 fully saturated rings. The number of anilines is 2. The van der Waals surface area contributed by atoms with Crippen LogP contribution in [0.25, 0.3) is 6.08 Å². The Bertz CT molecular complexity index is 1250. The van der Waals surface area contributed by atoms with Gasteiger partial charge in [0, 0.05) is 5.56 Å². The number of ketones is 1. The largest absolute Gasteiger partial charge is 0.424 e. The van der Waals surface area contributed by atoms with Crippen LogP contribution in [0, 0.1) is 0 Å². The first-order chi connectivity index (χ1) is 17.0. The van der Waals surface area contributed by atoms with E-state index in [1.165, 1.54) is 10.5 Å². The predicted octanol–water partition coefficient (Wildman–Crippen LogP) is 8.04. The molecule has 4 aromatic carbocycles. The Labute approximate surface area is 206 Å². The Morgan fingerprint density at radius 3 is 1.77 bits per heavy atom. The highest BCUT2D eigenvalue weighted by molar-refractivity contribution is 6.07. The van der Waals surface area contributed by atoms with Crippen LogP contribution in [0.3, 0.4) is 0 Å². The van der Waals surface area contributed by atoms with Gasteiger partial charge >= 0.3 is 6.09 Å². The number of hydrogen-bond acceptors (Lipinski definition) is 3. The zero-order chi connectivity index (χ0) is 24.6. The fourth-order valence-corrected chi connectivity index (χ4v) is 3.61. The van der Waals surface area contributed by atoms with Crippen molar-refractivity contribution in [2.24, 2.45) is 0 Å². The summed E-state index contributed by atoms with van der Waals surface area (Å²) in [6, 6.07) is 33.4. The van der Waals surface area contributed by atoms with Crippen LogP contribution in [0.5, 0.6) is 5.75 Å². The zero-order valence-corrected chi connectivity index (χ0v) is 19.8. The van der Waals surface area contributed by atoms with Crippen LogP contribution in [0.4, 0.5) is 16.2 Å². The fourth-order valence-electron chi connectivity index (χ4n) is 3.61. The van der Waals surface area contributed by atoms with Gasteiger partial charge in [0.15, 0.2) is 5.78 Å². The lowest BCUT2D eigenvalue weighted by atomic mass is 10.0. The number of benzene rings is 4. The predicted molar refractivity (Wildman–Crippen MR) is 141 cm³/mol. The van der Waals surface area contributed by atoms with Gasteiger partial charge in [-0.25, -0.2) is 9.69 Å². The van der Waals surface area contributed by atoms with E-state index >= 15 is 0 Å². The van der Waals surface area contributed by atoms with Gasteiger partial charge in [0.1, 0.15) is 5.75 Å². The number of para-hydroxylation sites is 2. The molecule has 0 aliphatic rings. The SMILES string of the molecule is CC(C)c1ccc(C=CC(=O)c2ccc(OC(=O)N(c3ccccc3)c3ccccc3)cc2)cc1. The number of ether oxygens (including phenoxy) is 1. The molecule has 174 valence electrons. The van der Waals surface area contributed by atoms with E-state index in [1.54, 1.807) is 36.4 Å². The van der Waals surface area contributed by atoms with Crippen molar-refractivity contribution in [1.82, 2.24) is 0 Å². The van der Waals surface area contributed by atoms with Crippen LogP contribution in [-0.2, 0) is 0 Å². The van der Waals surface area contributed by atoms with Gasteiger partial charge in [0.2, 0.25) is 0 Å². The molecule has 0 saturated heterocycles. The topological polar surface area (TPSA) is 46.6 Å². The summed E-state index contributed by atoms with van der Waals surface area (Å²) in [4.78, 5) is 27.2. The van der Waals surface area contributed by atoms with Crippen LogP contribution in [0.2, 0.25) is 0 Å². The third-order valence-electron chi connectivity index (χ3n) is 5.59. The summed E-state index contributed by atoms with van der Waals surface area (Å²) >= 11 is 0. The smallest absolute Gasteiger partial charge is 0.410 e. The summed E-state index contributed by atoms with van der Waals surface area (Å²) in [7, 11) is 0. The average Bonchev–Trinajstić information content (AvgIpc) is 2.89. The number of allylic oxidation sites excluding steroid dienone is 1. The first-order valence-electron chi connectivity index (χ1n) is 11.6. The van der Waals surface area contributed by atoms with Gasteiger partial charge in [-0.15, -0.1) is 0 Å². The Kier molecular flexibility index (Phi) is 7.53. The third kappa shape index (κ3) is 6.12. The standard InChI is InChI=1S/C31H27NO3/c1-23(2)25-16-13-24(14-17-25)15-22-30(33)26-18-20-29(21-19-26)35-31(34)32(27-9-5-3-6-10-27)28-11-7-4-8-12-28/h3-23H,1-2H3. The molecule has 0 radical (unpaired) electrons. The highest BCUT2D eigenvalue weighted by atomic mass is 16.6. The maximum absolute atomic E-state index is 13.1. The maximum Gasteiger partial charge on any atom is 0.424 e. The number of carbonyl (C=O) groups is 2. The molecule has 0 aliphatic heterocycles. The van der Waals surface area contributed by atoms with E-state index in [2.05, 4.69) is 26.0 Å². The molecule has 0 unspecified atom stereocenters. The highest BCUT2D eigenvalue weighted by Gasteiger charge is 2.20. The molecule has 0 N–H and O–H groups in total. The number of rotatable bonds is 7. The van der Waals surface area contributed by atoms with Crippen molar-refractivity contribution < 1.29 is 14.3 Å². The molecule has 1 amide bonds. The van der Waals surface area contributed by atoms with E-state index in [1.807, 2.05) is 72.8 Å². The van der Waals surface area contributed by atoms with Gasteiger partial charge in [-0.2, -0.15) is 0 Å². The molecule has 0 saturated carbocycles. The van der Waals surface area contributed by atoms with Crippen molar-refractivity contribution in [2.75, 3.05) is 4.90 Å². The summed E-state index contributed by atoms with van der Waals surface area (Å²) in [6.45, 7) is 4.30. The molecule has 0 aliphatic carbocycles. The minimum Gasteiger partial charge on any atom is -0.410 e. The minimum atomic E-state index is -0.536. The second-order valence-corrected chi connectivity index (χ2v) is 8.42. The van der Waals surface area contributed by atoms with E-state index in [0.29, 0.717) is 28.6 Å². The molecule has 0 heterocycles. The first kappa shape index (κ1) is 23.7. The van der Waals surface area contributed by atoms with Gasteiger partial charge in [0.25, 0.3) is 0 Å². The van der Waals surface area contributed by atoms with E-state index in [0.717, 1.165) is 5.56 Å². The second-order valence-electron chi connectivity index (χ2n) is 8.42. The fraction of sp³-hybridized carbons (Fsp3) is 0.0968. The number of hydrogen-bond donors (Lipinski definition) is 0. The quantitative estimate of drug-likeness (QED) is 0.207. The first-order valence-corrected chi connectivity index (χ1v) is 11.6. The summed E-state index contributed by atoms with van der Waals surface area (Å²) < 4.78 is 5.64. The molecule has 0 atom stereocenters. The second kappa shape index (κ2) is 11.1. The van der Waals surface area contributed by atoms with Crippen molar-refractivity contribution in [1.29, 1.82) is 0 Å². The van der Waals surface area contributed by atoms with Crippen LogP contribution >= 0.6 is 0 Å². The molecule has 0 spiro atoms. The molecular formula is C31H27NO3. The Balaban J connectivity index is 1.45. The zero-order valence-electron chi connectivity index (χ0n) is 19.8. The van der Waals surface area contributed by atoms with Crippen molar-refractivity contribution in [2.45, 2.75) is 19.8 Å². The van der Waals surface area contributed by atoms with E-state index < -0.39 is 6.09 Å². The number of carbonyl (C=O) groups excluding carboxylic acids is 2. The van der Waals surface area contributed by atoms with Crippen LogP contribution < -0.4 is 9.64 Å². The normalized spacial score (nSPS) is 10.9. The summed E-state index contributed by atoms with van der Waals surface area (Å²) in [6.07, 6.45) is 2.82. The van der Waals surface area contributed by atoms with Crippen LogP contribution in [0.1, 0.15) is 41.3 Å². The lowest BCUT2D eigenvalue weighted by molar-refractivity contribution is 0.104. The number of nitrogens with zero attached hydrogens (tertiary/aromatic N) is 1. The van der Waals surface area contributed by atoms with Gasteiger partial charge in [-0.05, 0) is 71.7 Å². The van der Waals surface area contributed by atoms with Crippen molar-refractivity contribution in [3.8, 4) is 5.75 Å². The number of amides is 1. The monoisotopic (exact) mass is 461 g/mol. The van der Waals surface area contributed by atoms with E-state index in [9.17, 15) is 9.59 Å². The molecule has 4 rings (SSSR count). The van der Waals surface area contributed by atoms with Crippen molar-refractivity contribution in [3.05, 3.63) is 132 Å². The van der Waals surface area contributed by atoms with Crippen molar-refractivity contribution >= 4 is 29.3 Å². The maximum atomic E-state index is 13.1. The Hall–Kier alpha value is -4.44. The van der Waals surface area contributed by atoms with Crippen LogP contribution in [-0.4, -0.2) is 11.9 Å². The molecule has 0 aromatic heterocycles. The van der Waals surface area contributed by atoms with Gasteiger partial charge in [-0.3, -0.25) is 4.79 Å². The summed E-state index contributed by atoms with van der Waals surface area (Å²) in [5.41, 5.74) is 4.14. The van der Waals surface area contributed by atoms with Gasteiger partial charge < -0.3 is 4.74 Å². The van der Waals surface area contributed by atoms with Gasteiger partial charge in [0.05, 0.1) is 11.4 Å². The molecule has 4 nitrogen and oxygen atoms in total. The lowest BCUT2D eigenvalue weighted by Gasteiger charge is -2.22. The van der Waals surface area contributed by atoms with E-state index in [-0.39, 0.29) is 5.78 Å². The molecule has 4 heteroatoms. The average molecular weight is 462 g/mol. The van der Waals surface area contributed by atoms with Gasteiger partial charge in [-0.1, -0.05) is 80.6 Å². The Morgan fingerprint density at radius 2 is 1.26 bits per heavy atom.